The van der Waals surface area contributed by atoms with Gasteiger partial charge < -0.3 is 15.3 Å². The van der Waals surface area contributed by atoms with E-state index in [4.69, 9.17) is 0 Å². The van der Waals surface area contributed by atoms with Gasteiger partial charge >= 0.3 is 5.97 Å². The van der Waals surface area contributed by atoms with E-state index in [1.807, 2.05) is 6.92 Å². The van der Waals surface area contributed by atoms with E-state index in [0.717, 1.165) is 16.7 Å². The molecular formula is C14H19BrN2O2. The third kappa shape index (κ3) is 3.48. The van der Waals surface area contributed by atoms with Crippen LogP contribution in [0.2, 0.25) is 0 Å². The molecule has 1 aliphatic heterocycles. The zero-order valence-corrected chi connectivity index (χ0v) is 12.8. The Bertz CT molecular complexity index is 479. The van der Waals surface area contributed by atoms with E-state index in [1.165, 1.54) is 5.56 Å². The second-order valence-corrected chi connectivity index (χ2v) is 6.06. The lowest BCUT2D eigenvalue weighted by Crippen LogP contribution is -2.35. The highest BCUT2D eigenvalue weighted by Crippen LogP contribution is 2.28. The number of hydrogen-bond donors (Lipinski definition) is 2. The lowest BCUT2D eigenvalue weighted by molar-refractivity contribution is -0.141. The molecule has 0 saturated carbocycles. The van der Waals surface area contributed by atoms with Gasteiger partial charge in [-0.25, -0.2) is 0 Å². The van der Waals surface area contributed by atoms with Crippen LogP contribution in [0.3, 0.4) is 0 Å². The lowest BCUT2D eigenvalue weighted by atomic mass is 10.1. The molecule has 2 rings (SSSR count). The quantitative estimate of drug-likeness (QED) is 0.875. The maximum Gasteiger partial charge on any atom is 0.309 e. The molecule has 1 aromatic carbocycles. The number of anilines is 1. The monoisotopic (exact) mass is 326 g/mol. The number of nitrogens with one attached hydrogen (secondary N) is 1. The van der Waals surface area contributed by atoms with Crippen LogP contribution >= 0.6 is 15.9 Å². The van der Waals surface area contributed by atoms with Gasteiger partial charge in [0.1, 0.15) is 0 Å². The summed E-state index contributed by atoms with van der Waals surface area (Å²) < 4.78 is 1.02. The number of halogens is 1. The summed E-state index contributed by atoms with van der Waals surface area (Å²) >= 11 is 3.58. The molecule has 0 bridgehead atoms. The standard InChI is InChI=1S/C14H19BrN2O2/c1-9-3-4-13(12(15)5-9)17-7-10(2)16-6-11(8-17)14(18)19/h3-5,10-11,16H,6-8H2,1-2H3,(H,18,19). The molecule has 0 radical (unpaired) electrons. The van der Waals surface area contributed by atoms with Crippen molar-refractivity contribution in [2.75, 3.05) is 24.5 Å². The summed E-state index contributed by atoms with van der Waals surface area (Å²) in [6.45, 7) is 6.00. The average molecular weight is 327 g/mol. The van der Waals surface area contributed by atoms with Crippen LogP contribution in [0, 0.1) is 12.8 Å². The molecule has 1 fully saturated rings. The molecule has 19 heavy (non-hydrogen) atoms. The van der Waals surface area contributed by atoms with Crippen molar-refractivity contribution in [1.82, 2.24) is 5.32 Å². The van der Waals surface area contributed by atoms with E-state index < -0.39 is 5.97 Å². The Balaban J connectivity index is 2.27. The third-order valence-corrected chi connectivity index (χ3v) is 4.08. The van der Waals surface area contributed by atoms with Gasteiger partial charge in [0.15, 0.2) is 0 Å². The van der Waals surface area contributed by atoms with Crippen LogP contribution in [0.1, 0.15) is 12.5 Å². The van der Waals surface area contributed by atoms with Crippen molar-refractivity contribution >= 4 is 27.6 Å². The number of carbonyl (C=O) groups is 1. The van der Waals surface area contributed by atoms with E-state index in [0.29, 0.717) is 13.1 Å². The minimum atomic E-state index is -0.741. The van der Waals surface area contributed by atoms with Crippen LogP contribution in [0.15, 0.2) is 22.7 Å². The number of rotatable bonds is 2. The highest BCUT2D eigenvalue weighted by Gasteiger charge is 2.27. The Morgan fingerprint density at radius 2 is 2.21 bits per heavy atom. The molecule has 2 atom stereocenters. The number of hydrogen-bond acceptors (Lipinski definition) is 3. The van der Waals surface area contributed by atoms with Gasteiger partial charge in [0, 0.05) is 30.1 Å². The molecule has 1 saturated heterocycles. The van der Waals surface area contributed by atoms with Gasteiger partial charge in [-0.1, -0.05) is 6.07 Å². The van der Waals surface area contributed by atoms with Crippen LogP contribution in [0.25, 0.3) is 0 Å². The minimum absolute atomic E-state index is 0.276. The Kier molecular flexibility index (Phi) is 4.47. The van der Waals surface area contributed by atoms with Crippen molar-refractivity contribution in [3.05, 3.63) is 28.2 Å². The summed E-state index contributed by atoms with van der Waals surface area (Å²) in [5, 5.41) is 12.5. The molecule has 2 unspecified atom stereocenters. The van der Waals surface area contributed by atoms with Crippen LogP contribution in [-0.4, -0.2) is 36.8 Å². The maximum absolute atomic E-state index is 11.3. The molecule has 5 heteroatoms. The van der Waals surface area contributed by atoms with Crippen molar-refractivity contribution in [2.45, 2.75) is 19.9 Å². The highest BCUT2D eigenvalue weighted by atomic mass is 79.9. The molecule has 0 spiro atoms. The summed E-state index contributed by atoms with van der Waals surface area (Å²) in [7, 11) is 0. The van der Waals surface area contributed by atoms with Crippen molar-refractivity contribution in [1.29, 1.82) is 0 Å². The molecule has 1 heterocycles. The van der Waals surface area contributed by atoms with Gasteiger partial charge in [-0.15, -0.1) is 0 Å². The van der Waals surface area contributed by atoms with Gasteiger partial charge in [-0.05, 0) is 47.5 Å². The topological polar surface area (TPSA) is 52.6 Å². The predicted octanol–water partition coefficient (Wildman–Crippen LogP) is 2.26. The first-order valence-electron chi connectivity index (χ1n) is 6.44. The average Bonchev–Trinajstić information content (AvgIpc) is 2.51. The summed E-state index contributed by atoms with van der Waals surface area (Å²) in [5.74, 6) is -1.12. The Morgan fingerprint density at radius 1 is 1.47 bits per heavy atom. The number of benzene rings is 1. The van der Waals surface area contributed by atoms with Crippen molar-refractivity contribution in [2.24, 2.45) is 5.92 Å². The Labute approximate surface area is 121 Å². The predicted molar refractivity (Wildman–Crippen MR) is 79.7 cm³/mol. The van der Waals surface area contributed by atoms with Crippen LogP contribution < -0.4 is 10.2 Å². The fraction of sp³-hybridized carbons (Fsp3) is 0.500. The fourth-order valence-electron chi connectivity index (χ4n) is 2.37. The first-order chi connectivity index (χ1) is 8.97. The zero-order valence-electron chi connectivity index (χ0n) is 11.2. The van der Waals surface area contributed by atoms with Crippen LogP contribution in [0.5, 0.6) is 0 Å². The number of nitrogens with zero attached hydrogens (tertiary/aromatic N) is 1. The molecule has 1 aliphatic rings. The second-order valence-electron chi connectivity index (χ2n) is 5.20. The van der Waals surface area contributed by atoms with E-state index in [2.05, 4.69) is 51.3 Å². The van der Waals surface area contributed by atoms with Crippen molar-refractivity contribution < 1.29 is 9.90 Å². The van der Waals surface area contributed by atoms with E-state index in [-0.39, 0.29) is 12.0 Å². The van der Waals surface area contributed by atoms with E-state index in [1.54, 1.807) is 0 Å². The van der Waals surface area contributed by atoms with Gasteiger partial charge in [0.2, 0.25) is 0 Å². The largest absolute Gasteiger partial charge is 0.481 e. The maximum atomic E-state index is 11.3. The SMILES string of the molecule is Cc1ccc(N2CC(C)NCC(C(=O)O)C2)c(Br)c1. The van der Waals surface area contributed by atoms with Crippen molar-refractivity contribution in [3.63, 3.8) is 0 Å². The summed E-state index contributed by atoms with van der Waals surface area (Å²) in [5.41, 5.74) is 2.25. The van der Waals surface area contributed by atoms with E-state index in [9.17, 15) is 9.90 Å². The fourth-order valence-corrected chi connectivity index (χ4v) is 3.12. The molecule has 104 valence electrons. The van der Waals surface area contributed by atoms with Crippen molar-refractivity contribution in [3.8, 4) is 0 Å². The second kappa shape index (κ2) is 5.92. The Morgan fingerprint density at radius 3 is 2.84 bits per heavy atom. The van der Waals surface area contributed by atoms with Gasteiger partial charge in [0.05, 0.1) is 11.6 Å². The van der Waals surface area contributed by atoms with E-state index >= 15 is 0 Å². The normalized spacial score (nSPS) is 24.1. The number of carboxylic acid groups (broad SMARTS) is 1. The zero-order chi connectivity index (χ0) is 14.0. The summed E-state index contributed by atoms with van der Waals surface area (Å²) in [6, 6.07) is 6.45. The molecule has 0 aliphatic carbocycles. The first kappa shape index (κ1) is 14.3. The van der Waals surface area contributed by atoms with Gasteiger partial charge in [-0.3, -0.25) is 4.79 Å². The molecule has 0 aromatic heterocycles. The summed E-state index contributed by atoms with van der Waals surface area (Å²) in [6.07, 6.45) is 0. The number of carboxylic acids is 1. The molecule has 1 aromatic rings. The number of aliphatic carboxylic acids is 1. The molecule has 2 N–H and O–H groups in total. The number of aryl methyl sites for hydroxylation is 1. The lowest BCUT2D eigenvalue weighted by Gasteiger charge is -2.27. The first-order valence-corrected chi connectivity index (χ1v) is 7.24. The highest BCUT2D eigenvalue weighted by molar-refractivity contribution is 9.10. The van der Waals surface area contributed by atoms with Gasteiger partial charge in [-0.2, -0.15) is 0 Å². The van der Waals surface area contributed by atoms with Crippen LogP contribution in [0.4, 0.5) is 5.69 Å². The van der Waals surface area contributed by atoms with Crippen LogP contribution in [-0.2, 0) is 4.79 Å². The Hall–Kier alpha value is -1.07. The smallest absolute Gasteiger partial charge is 0.309 e. The summed E-state index contributed by atoms with van der Waals surface area (Å²) in [4.78, 5) is 13.4. The van der Waals surface area contributed by atoms with Gasteiger partial charge in [0.25, 0.3) is 0 Å². The molecular weight excluding hydrogens is 308 g/mol. The minimum Gasteiger partial charge on any atom is -0.481 e. The third-order valence-electron chi connectivity index (χ3n) is 3.44. The molecule has 0 amide bonds. The molecule has 4 nitrogen and oxygen atoms in total.